The van der Waals surface area contributed by atoms with Gasteiger partial charge in [0.25, 0.3) is 11.5 Å². The molecule has 3 rings (SSSR count). The van der Waals surface area contributed by atoms with E-state index in [4.69, 9.17) is 0 Å². The first kappa shape index (κ1) is 25.6. The molecule has 32 heavy (non-hydrogen) atoms. The number of carbonyl (C=O) groups excluding carboxylic acids is 2. The summed E-state index contributed by atoms with van der Waals surface area (Å²) in [7, 11) is 2.82. The number of hydrogen-bond donors (Lipinski definition) is 2. The summed E-state index contributed by atoms with van der Waals surface area (Å²) in [6, 6.07) is 5.51. The van der Waals surface area contributed by atoms with Crippen molar-refractivity contribution in [2.45, 2.75) is 19.8 Å². The Hall–Kier alpha value is -2.65. The third-order valence-electron chi connectivity index (χ3n) is 4.93. The molecule has 2 amide bonds. The van der Waals surface area contributed by atoms with Crippen LogP contribution in [-0.2, 0) is 46.2 Å². The Bertz CT molecular complexity index is 1240. The van der Waals surface area contributed by atoms with Crippen LogP contribution in [0.15, 0.2) is 35.3 Å². The smallest absolute Gasteiger partial charge is 0.267 e. The summed E-state index contributed by atoms with van der Waals surface area (Å²) < 4.78 is 14.8. The predicted molar refractivity (Wildman–Crippen MR) is 114 cm³/mol. The molecule has 10 heteroatoms. The van der Waals surface area contributed by atoms with Crippen molar-refractivity contribution in [2.75, 3.05) is 13.6 Å². The van der Waals surface area contributed by atoms with Gasteiger partial charge in [-0.2, -0.15) is 0 Å². The number of aryl methyl sites for hydroxylation is 1. The third-order valence-corrected chi connectivity index (χ3v) is 4.93. The van der Waals surface area contributed by atoms with E-state index in [1.54, 1.807) is 6.07 Å². The van der Waals surface area contributed by atoms with E-state index >= 15 is 0 Å². The van der Waals surface area contributed by atoms with Gasteiger partial charge in [-0.3, -0.25) is 14.6 Å². The SMILES string of the molecule is CCCNC(=O)c1c(O)c2ncc(Cc3ccc(F)cc3C(=O)[N-]C)cc2n(C)c1=O.[Y]. The number of aromatic nitrogens is 2. The van der Waals surface area contributed by atoms with Gasteiger partial charge in [0.1, 0.15) is 16.9 Å². The molecule has 0 bridgehead atoms. The fraction of sp³-hybridized carbons (Fsp3) is 0.273. The Morgan fingerprint density at radius 3 is 2.66 bits per heavy atom. The van der Waals surface area contributed by atoms with Gasteiger partial charge in [-0.15, -0.1) is 7.05 Å². The summed E-state index contributed by atoms with van der Waals surface area (Å²) in [6.45, 7) is 2.24. The standard InChI is InChI=1S/C22H23FN4O4.Y/c1-4-7-25-21(30)17-19(28)18-16(27(3)22(17)31)9-12(11-26-18)8-13-5-6-14(23)10-15(13)20(29)24-2;/h5-6,9-11H,4,7-8H2,1-3H3,(H3,24,25,28,29,30,31);/p-1. The molecule has 0 saturated heterocycles. The monoisotopic (exact) mass is 514 g/mol. The van der Waals surface area contributed by atoms with Crippen LogP contribution in [0.5, 0.6) is 5.75 Å². The number of nitrogens with zero attached hydrogens (tertiary/aromatic N) is 3. The van der Waals surface area contributed by atoms with E-state index in [0.29, 0.717) is 29.6 Å². The normalized spacial score (nSPS) is 10.5. The zero-order valence-electron chi connectivity index (χ0n) is 18.0. The van der Waals surface area contributed by atoms with E-state index in [1.807, 2.05) is 6.92 Å². The zero-order chi connectivity index (χ0) is 22.7. The Labute approximate surface area is 209 Å². The number of nitrogens with one attached hydrogen (secondary N) is 1. The fourth-order valence-electron chi connectivity index (χ4n) is 3.30. The number of carbonyl (C=O) groups is 2. The minimum atomic E-state index is -0.662. The molecule has 8 nitrogen and oxygen atoms in total. The molecule has 0 atom stereocenters. The Balaban J connectivity index is 0.00000363. The maximum atomic E-state index is 13.6. The molecule has 0 spiro atoms. The quantitative estimate of drug-likeness (QED) is 0.525. The fourth-order valence-corrected chi connectivity index (χ4v) is 3.30. The van der Waals surface area contributed by atoms with E-state index < -0.39 is 28.9 Å². The molecule has 1 radical (unpaired) electrons. The van der Waals surface area contributed by atoms with E-state index in [2.05, 4.69) is 15.6 Å². The molecule has 3 aromatic rings. The number of hydrogen-bond acceptors (Lipinski definition) is 5. The molecule has 0 aliphatic carbocycles. The molecular weight excluding hydrogens is 492 g/mol. The van der Waals surface area contributed by atoms with Gasteiger partial charge in [0.15, 0.2) is 5.75 Å². The number of pyridine rings is 2. The van der Waals surface area contributed by atoms with Gasteiger partial charge < -0.3 is 25.1 Å². The molecule has 1 aromatic carbocycles. The van der Waals surface area contributed by atoms with Crippen LogP contribution in [0, 0.1) is 5.82 Å². The largest absolute Gasteiger partial charge is 0.652 e. The van der Waals surface area contributed by atoms with Gasteiger partial charge in [0, 0.05) is 58.1 Å². The maximum Gasteiger partial charge on any atom is 0.267 e. The summed E-state index contributed by atoms with van der Waals surface area (Å²) in [5.74, 6) is -2.24. The van der Waals surface area contributed by atoms with Crippen LogP contribution < -0.4 is 10.9 Å². The van der Waals surface area contributed by atoms with Crippen LogP contribution in [-0.4, -0.2) is 40.1 Å². The Morgan fingerprint density at radius 2 is 2.00 bits per heavy atom. The first-order chi connectivity index (χ1) is 14.8. The van der Waals surface area contributed by atoms with Crippen molar-refractivity contribution in [3.63, 3.8) is 0 Å². The summed E-state index contributed by atoms with van der Waals surface area (Å²) >= 11 is 0. The number of halogens is 1. The molecule has 2 N–H and O–H groups in total. The molecule has 0 aliphatic heterocycles. The molecule has 165 valence electrons. The van der Waals surface area contributed by atoms with Crippen molar-refractivity contribution in [1.82, 2.24) is 14.9 Å². The zero-order valence-corrected chi connectivity index (χ0v) is 20.8. The van der Waals surface area contributed by atoms with Crippen LogP contribution >= 0.6 is 0 Å². The van der Waals surface area contributed by atoms with Crippen LogP contribution in [0.2, 0.25) is 0 Å². The number of rotatable bonds is 6. The van der Waals surface area contributed by atoms with Gasteiger partial charge in [0.05, 0.1) is 11.4 Å². The van der Waals surface area contributed by atoms with Crippen LogP contribution in [0.3, 0.4) is 0 Å². The van der Waals surface area contributed by atoms with Gasteiger partial charge in [-0.1, -0.05) is 13.0 Å². The molecule has 0 aliphatic rings. The van der Waals surface area contributed by atoms with Crippen molar-refractivity contribution in [1.29, 1.82) is 0 Å². The molecule has 0 fully saturated rings. The maximum absolute atomic E-state index is 13.6. The average Bonchev–Trinajstić information content (AvgIpc) is 2.76. The summed E-state index contributed by atoms with van der Waals surface area (Å²) in [6.07, 6.45) is 2.38. The number of aromatic hydroxyl groups is 1. The molecule has 2 heterocycles. The van der Waals surface area contributed by atoms with Gasteiger partial charge in [-0.25, -0.2) is 4.39 Å². The van der Waals surface area contributed by atoms with Crippen molar-refractivity contribution >= 4 is 22.8 Å². The van der Waals surface area contributed by atoms with Gasteiger partial charge in [0.2, 0.25) is 0 Å². The summed E-state index contributed by atoms with van der Waals surface area (Å²) in [5, 5.41) is 16.7. The first-order valence-corrected chi connectivity index (χ1v) is 9.69. The molecule has 0 saturated carbocycles. The van der Waals surface area contributed by atoms with E-state index in [-0.39, 0.29) is 55.8 Å². The minimum Gasteiger partial charge on any atom is -0.652 e. The first-order valence-electron chi connectivity index (χ1n) is 9.69. The Morgan fingerprint density at radius 1 is 1.28 bits per heavy atom. The molecule has 0 unspecified atom stereocenters. The second-order valence-electron chi connectivity index (χ2n) is 7.06. The van der Waals surface area contributed by atoms with Gasteiger partial charge >= 0.3 is 0 Å². The average molecular weight is 514 g/mol. The van der Waals surface area contributed by atoms with Crippen LogP contribution in [0.25, 0.3) is 16.4 Å². The second-order valence-corrected chi connectivity index (χ2v) is 7.06. The van der Waals surface area contributed by atoms with E-state index in [9.17, 15) is 23.9 Å². The van der Waals surface area contributed by atoms with Crippen molar-refractivity contribution < 1.29 is 51.8 Å². The minimum absolute atomic E-state index is 0. The number of amides is 2. The predicted octanol–water partition coefficient (Wildman–Crippen LogP) is 2.65. The second kappa shape index (κ2) is 10.8. The number of benzene rings is 1. The van der Waals surface area contributed by atoms with E-state index in [0.717, 1.165) is 6.07 Å². The van der Waals surface area contributed by atoms with Crippen molar-refractivity contribution in [3.8, 4) is 5.75 Å². The Kier molecular flexibility index (Phi) is 8.63. The van der Waals surface area contributed by atoms with Crippen LogP contribution in [0.1, 0.15) is 45.2 Å². The van der Waals surface area contributed by atoms with Crippen molar-refractivity contribution in [3.05, 3.63) is 74.2 Å². The molecule has 2 aromatic heterocycles. The summed E-state index contributed by atoms with van der Waals surface area (Å²) in [4.78, 5) is 41.3. The van der Waals surface area contributed by atoms with Crippen molar-refractivity contribution in [2.24, 2.45) is 7.05 Å². The van der Waals surface area contributed by atoms with Crippen LogP contribution in [0.4, 0.5) is 4.39 Å². The topological polar surface area (TPSA) is 115 Å². The number of fused-ring (bicyclic) bond motifs is 1. The third kappa shape index (κ3) is 5.05. The molecular formula is C22H22FN4O4Y-. The van der Waals surface area contributed by atoms with Gasteiger partial charge in [-0.05, 0) is 42.2 Å². The summed E-state index contributed by atoms with van der Waals surface area (Å²) in [5.41, 5.74) is 0.723. The van der Waals surface area contributed by atoms with E-state index in [1.165, 1.54) is 37.0 Å².